The standard InChI is InChI=1S/C7H8O3S.C5H12N2/c1-6-2-4-7(5-3-6)11(8,9)10;1-7-4-2-6-3-5-7/h2-5H,1H3,(H,8,9,10);6H,2-5H2,1H3. The van der Waals surface area contributed by atoms with Gasteiger partial charge in [-0.1, -0.05) is 17.7 Å². The van der Waals surface area contributed by atoms with E-state index in [0.29, 0.717) is 0 Å². The van der Waals surface area contributed by atoms with E-state index >= 15 is 0 Å². The van der Waals surface area contributed by atoms with E-state index in [1.54, 1.807) is 12.1 Å². The predicted molar refractivity (Wildman–Crippen MR) is 71.4 cm³/mol. The van der Waals surface area contributed by atoms with Gasteiger partial charge in [-0.05, 0) is 26.1 Å². The molecule has 0 bridgehead atoms. The van der Waals surface area contributed by atoms with Gasteiger partial charge in [0, 0.05) is 26.2 Å². The van der Waals surface area contributed by atoms with Crippen molar-refractivity contribution in [3.8, 4) is 0 Å². The SMILES string of the molecule is CN1CCNCC1.Cc1ccc(S(=O)(=O)O)cc1. The molecule has 0 aliphatic carbocycles. The average molecular weight is 272 g/mol. The fourth-order valence-corrected chi connectivity index (χ4v) is 1.97. The molecule has 0 unspecified atom stereocenters. The Kier molecular flexibility index (Phi) is 5.74. The summed E-state index contributed by atoms with van der Waals surface area (Å²) in [5, 5.41) is 3.27. The number of aryl methyl sites for hydroxylation is 1. The molecule has 0 amide bonds. The van der Waals surface area contributed by atoms with Crippen LogP contribution in [0.5, 0.6) is 0 Å². The molecule has 18 heavy (non-hydrogen) atoms. The zero-order valence-electron chi connectivity index (χ0n) is 10.8. The highest BCUT2D eigenvalue weighted by Gasteiger charge is 2.06. The molecular weight excluding hydrogens is 252 g/mol. The number of piperazine rings is 1. The number of nitrogens with one attached hydrogen (secondary N) is 1. The first-order chi connectivity index (χ1) is 8.39. The van der Waals surface area contributed by atoms with E-state index in [4.69, 9.17) is 4.55 Å². The van der Waals surface area contributed by atoms with Crippen LogP contribution in [0, 0.1) is 6.92 Å². The van der Waals surface area contributed by atoms with Crippen molar-refractivity contribution in [1.82, 2.24) is 10.2 Å². The highest BCUT2D eigenvalue weighted by Crippen LogP contribution is 2.08. The van der Waals surface area contributed by atoms with Gasteiger partial charge in [-0.3, -0.25) is 4.55 Å². The Morgan fingerprint density at radius 1 is 1.17 bits per heavy atom. The second-order valence-electron chi connectivity index (χ2n) is 4.34. The van der Waals surface area contributed by atoms with Crippen molar-refractivity contribution in [2.45, 2.75) is 11.8 Å². The van der Waals surface area contributed by atoms with Gasteiger partial charge in [0.25, 0.3) is 10.1 Å². The van der Waals surface area contributed by atoms with Crippen molar-refractivity contribution in [3.63, 3.8) is 0 Å². The van der Waals surface area contributed by atoms with Crippen molar-refractivity contribution < 1.29 is 13.0 Å². The summed E-state index contributed by atoms with van der Waals surface area (Å²) in [6.45, 7) is 6.58. The Morgan fingerprint density at radius 2 is 1.67 bits per heavy atom. The van der Waals surface area contributed by atoms with Crippen LogP contribution in [0.1, 0.15) is 5.56 Å². The molecule has 1 aliphatic rings. The monoisotopic (exact) mass is 272 g/mol. The van der Waals surface area contributed by atoms with Crippen molar-refractivity contribution in [2.75, 3.05) is 33.2 Å². The molecule has 1 fully saturated rings. The summed E-state index contributed by atoms with van der Waals surface area (Å²) in [7, 11) is -1.87. The van der Waals surface area contributed by atoms with Crippen LogP contribution in [0.2, 0.25) is 0 Å². The van der Waals surface area contributed by atoms with Crippen LogP contribution >= 0.6 is 0 Å². The van der Waals surface area contributed by atoms with E-state index in [1.807, 2.05) is 6.92 Å². The van der Waals surface area contributed by atoms with E-state index in [0.717, 1.165) is 18.7 Å². The van der Waals surface area contributed by atoms with Crippen LogP contribution in [0.4, 0.5) is 0 Å². The Balaban J connectivity index is 0.000000199. The largest absolute Gasteiger partial charge is 0.314 e. The summed E-state index contributed by atoms with van der Waals surface area (Å²) in [6, 6.07) is 5.99. The summed E-state index contributed by atoms with van der Waals surface area (Å²) >= 11 is 0. The molecule has 1 aromatic rings. The highest BCUT2D eigenvalue weighted by molar-refractivity contribution is 7.85. The van der Waals surface area contributed by atoms with E-state index < -0.39 is 10.1 Å². The minimum Gasteiger partial charge on any atom is -0.314 e. The Bertz CT molecular complexity index is 451. The van der Waals surface area contributed by atoms with E-state index in [1.165, 1.54) is 25.2 Å². The number of hydrogen-bond acceptors (Lipinski definition) is 4. The van der Waals surface area contributed by atoms with Crippen molar-refractivity contribution in [1.29, 1.82) is 0 Å². The Hall–Kier alpha value is -0.950. The van der Waals surface area contributed by atoms with E-state index in [-0.39, 0.29) is 4.90 Å². The summed E-state index contributed by atoms with van der Waals surface area (Å²) in [5.74, 6) is 0. The molecule has 6 heteroatoms. The second-order valence-corrected chi connectivity index (χ2v) is 5.76. The first-order valence-corrected chi connectivity index (χ1v) is 7.27. The van der Waals surface area contributed by atoms with Gasteiger partial charge in [0.2, 0.25) is 0 Å². The Labute approximate surface area is 109 Å². The van der Waals surface area contributed by atoms with E-state index in [2.05, 4.69) is 17.3 Å². The van der Waals surface area contributed by atoms with Crippen molar-refractivity contribution in [3.05, 3.63) is 29.8 Å². The lowest BCUT2D eigenvalue weighted by Gasteiger charge is -2.21. The molecule has 1 aromatic carbocycles. The van der Waals surface area contributed by atoms with Crippen molar-refractivity contribution in [2.24, 2.45) is 0 Å². The molecule has 102 valence electrons. The molecule has 1 aliphatic heterocycles. The van der Waals surface area contributed by atoms with Gasteiger partial charge in [0.1, 0.15) is 0 Å². The molecule has 0 spiro atoms. The van der Waals surface area contributed by atoms with Gasteiger partial charge in [-0.15, -0.1) is 0 Å². The van der Waals surface area contributed by atoms with Crippen LogP contribution in [0.15, 0.2) is 29.2 Å². The lowest BCUT2D eigenvalue weighted by molar-refractivity contribution is 0.291. The quantitative estimate of drug-likeness (QED) is 0.739. The van der Waals surface area contributed by atoms with Gasteiger partial charge in [-0.2, -0.15) is 8.42 Å². The zero-order valence-corrected chi connectivity index (χ0v) is 11.6. The fourth-order valence-electron chi connectivity index (χ4n) is 1.49. The predicted octanol–water partition coefficient (Wildman–Crippen LogP) is 0.763. The second kappa shape index (κ2) is 6.84. The van der Waals surface area contributed by atoms with Crippen LogP contribution in [-0.4, -0.2) is 51.1 Å². The molecule has 0 saturated carbocycles. The lowest BCUT2D eigenvalue weighted by Crippen LogP contribution is -2.40. The van der Waals surface area contributed by atoms with Crippen LogP contribution in [-0.2, 0) is 10.1 Å². The summed E-state index contributed by atoms with van der Waals surface area (Å²) in [6.07, 6.45) is 0. The lowest BCUT2D eigenvalue weighted by atomic mass is 10.2. The molecule has 0 radical (unpaired) electrons. The van der Waals surface area contributed by atoms with Gasteiger partial charge < -0.3 is 10.2 Å². The number of rotatable bonds is 1. The maximum Gasteiger partial charge on any atom is 0.294 e. The summed E-state index contributed by atoms with van der Waals surface area (Å²) < 4.78 is 29.6. The zero-order chi connectivity index (χ0) is 13.6. The Morgan fingerprint density at radius 3 is 2.00 bits per heavy atom. The normalized spacial score (nSPS) is 16.8. The molecule has 0 aromatic heterocycles. The van der Waals surface area contributed by atoms with Crippen molar-refractivity contribution >= 4 is 10.1 Å². The van der Waals surface area contributed by atoms with Gasteiger partial charge >= 0.3 is 0 Å². The van der Waals surface area contributed by atoms with Gasteiger partial charge in [0.05, 0.1) is 4.90 Å². The third-order valence-corrected chi connectivity index (χ3v) is 3.53. The number of hydrogen-bond donors (Lipinski definition) is 2. The maximum absolute atomic E-state index is 10.5. The molecule has 0 atom stereocenters. The number of nitrogens with zero attached hydrogens (tertiary/aromatic N) is 1. The van der Waals surface area contributed by atoms with Crippen LogP contribution < -0.4 is 5.32 Å². The number of benzene rings is 1. The fraction of sp³-hybridized carbons (Fsp3) is 0.500. The van der Waals surface area contributed by atoms with Gasteiger partial charge in [-0.25, -0.2) is 0 Å². The summed E-state index contributed by atoms with van der Waals surface area (Å²) in [4.78, 5) is 2.26. The van der Waals surface area contributed by atoms with E-state index in [9.17, 15) is 8.42 Å². The molecule has 5 nitrogen and oxygen atoms in total. The minimum absolute atomic E-state index is 0.0666. The third kappa shape index (κ3) is 5.59. The van der Waals surface area contributed by atoms with Crippen LogP contribution in [0.3, 0.4) is 0 Å². The molecule has 2 N–H and O–H groups in total. The highest BCUT2D eigenvalue weighted by atomic mass is 32.2. The first-order valence-electron chi connectivity index (χ1n) is 5.83. The molecule has 1 heterocycles. The minimum atomic E-state index is -4.02. The van der Waals surface area contributed by atoms with Gasteiger partial charge in [0.15, 0.2) is 0 Å². The topological polar surface area (TPSA) is 69.6 Å². The average Bonchev–Trinajstić information content (AvgIpc) is 2.30. The smallest absolute Gasteiger partial charge is 0.294 e. The number of likely N-dealkylation sites (N-methyl/N-ethyl adjacent to an activating group) is 1. The van der Waals surface area contributed by atoms with Crippen LogP contribution in [0.25, 0.3) is 0 Å². The summed E-state index contributed by atoms with van der Waals surface area (Å²) in [5.41, 5.74) is 0.956. The molecular formula is C12H20N2O3S. The maximum atomic E-state index is 10.5. The molecule has 1 saturated heterocycles. The molecule has 2 rings (SSSR count). The third-order valence-electron chi connectivity index (χ3n) is 2.66. The first kappa shape index (κ1) is 15.1.